The van der Waals surface area contributed by atoms with Crippen molar-refractivity contribution in [2.24, 2.45) is 0 Å². The number of aromatic nitrogens is 3. The van der Waals surface area contributed by atoms with Gasteiger partial charge in [-0.2, -0.15) is 13.2 Å². The quantitative estimate of drug-likeness (QED) is 0.477. The Morgan fingerprint density at radius 1 is 1.38 bits per heavy atom. The van der Waals surface area contributed by atoms with Crippen LogP contribution < -0.4 is 4.90 Å². The predicted molar refractivity (Wildman–Crippen MR) is 75.9 cm³/mol. The van der Waals surface area contributed by atoms with Crippen LogP contribution in [0.15, 0.2) is 17.4 Å². The van der Waals surface area contributed by atoms with Crippen LogP contribution in [-0.2, 0) is 0 Å². The van der Waals surface area contributed by atoms with Crippen molar-refractivity contribution in [2.75, 3.05) is 17.7 Å². The average Bonchev–Trinajstić information content (AvgIpc) is 2.34. The van der Waals surface area contributed by atoms with E-state index in [1.165, 1.54) is 28.9 Å². The molecule has 0 radical (unpaired) electrons. The van der Waals surface area contributed by atoms with Crippen LogP contribution in [0.3, 0.4) is 0 Å². The lowest BCUT2D eigenvalue weighted by molar-refractivity contribution is -0.159. The van der Waals surface area contributed by atoms with Gasteiger partial charge < -0.3 is 4.90 Å². The molecule has 1 atom stereocenters. The minimum absolute atomic E-state index is 0.0585. The lowest BCUT2D eigenvalue weighted by Crippen LogP contribution is -2.56. The van der Waals surface area contributed by atoms with Crippen LogP contribution in [0.1, 0.15) is 6.42 Å². The van der Waals surface area contributed by atoms with Gasteiger partial charge in [0.15, 0.2) is 5.16 Å². The van der Waals surface area contributed by atoms with Gasteiger partial charge in [-0.15, -0.1) is 0 Å². The molecule has 0 aromatic carbocycles. The predicted octanol–water partition coefficient (Wildman–Crippen LogP) is 3.54. The van der Waals surface area contributed by atoms with Crippen LogP contribution in [-0.4, -0.2) is 40.0 Å². The van der Waals surface area contributed by atoms with Gasteiger partial charge in [-0.25, -0.2) is 15.0 Å². The second kappa shape index (κ2) is 5.17. The zero-order valence-electron chi connectivity index (χ0n) is 10.9. The summed E-state index contributed by atoms with van der Waals surface area (Å²) >= 11 is 7.27. The Morgan fingerprint density at radius 3 is 2.71 bits per heavy atom. The number of pyridine rings is 1. The van der Waals surface area contributed by atoms with Crippen LogP contribution in [0, 0.1) is 0 Å². The second-order valence-electron chi connectivity index (χ2n) is 4.60. The van der Waals surface area contributed by atoms with Gasteiger partial charge in [0.2, 0.25) is 0 Å². The second-order valence-corrected chi connectivity index (χ2v) is 5.76. The zero-order valence-corrected chi connectivity index (χ0v) is 12.4. The van der Waals surface area contributed by atoms with Crippen molar-refractivity contribution < 1.29 is 13.2 Å². The Bertz CT molecular complexity index is 694. The fourth-order valence-electron chi connectivity index (χ4n) is 2.27. The van der Waals surface area contributed by atoms with E-state index >= 15 is 0 Å². The molecule has 0 bridgehead atoms. The highest BCUT2D eigenvalue weighted by atomic mass is 35.5. The van der Waals surface area contributed by atoms with Crippen molar-refractivity contribution in [3.05, 3.63) is 17.4 Å². The highest BCUT2D eigenvalue weighted by molar-refractivity contribution is 7.98. The van der Waals surface area contributed by atoms with E-state index in [4.69, 9.17) is 11.6 Å². The molecule has 2 aromatic heterocycles. The van der Waals surface area contributed by atoms with Crippen molar-refractivity contribution >= 4 is 40.1 Å². The molecule has 0 aliphatic carbocycles. The van der Waals surface area contributed by atoms with Crippen molar-refractivity contribution in [3.63, 3.8) is 0 Å². The van der Waals surface area contributed by atoms with E-state index in [2.05, 4.69) is 15.0 Å². The average molecular weight is 335 g/mol. The van der Waals surface area contributed by atoms with Crippen LogP contribution in [0.25, 0.3) is 10.9 Å². The minimum Gasteiger partial charge on any atom is -0.344 e. The topological polar surface area (TPSA) is 41.9 Å². The first-order valence-electron chi connectivity index (χ1n) is 6.11. The monoisotopic (exact) mass is 334 g/mol. The Kier molecular flexibility index (Phi) is 3.61. The Morgan fingerprint density at radius 2 is 2.14 bits per heavy atom. The number of hydrogen-bond acceptors (Lipinski definition) is 5. The minimum atomic E-state index is -4.28. The standard InChI is InChI=1S/C12H10ClF3N4S/c1-21-11-17-5-6-7(18-11)4-9(13)19-10(6)20-3-2-8(20)12(14,15)16/h4-5,8H,2-3H2,1H3/t8-/m0/s1. The molecule has 0 amide bonds. The molecule has 2 aromatic rings. The summed E-state index contributed by atoms with van der Waals surface area (Å²) in [5, 5.41) is 1.13. The lowest BCUT2D eigenvalue weighted by Gasteiger charge is -2.42. The molecule has 0 N–H and O–H groups in total. The molecule has 9 heteroatoms. The Labute approximate surface area is 127 Å². The van der Waals surface area contributed by atoms with E-state index in [-0.39, 0.29) is 23.9 Å². The Hall–Kier alpha value is -1.28. The molecule has 1 aliphatic rings. The molecule has 1 saturated heterocycles. The third kappa shape index (κ3) is 2.62. The number of rotatable bonds is 2. The molecule has 4 nitrogen and oxygen atoms in total. The summed E-state index contributed by atoms with van der Waals surface area (Å²) in [7, 11) is 0. The summed E-state index contributed by atoms with van der Waals surface area (Å²) in [5.74, 6) is 0.193. The van der Waals surface area contributed by atoms with Gasteiger partial charge in [-0.1, -0.05) is 23.4 Å². The maximum Gasteiger partial charge on any atom is 0.408 e. The fourth-order valence-corrected chi connectivity index (χ4v) is 2.80. The smallest absolute Gasteiger partial charge is 0.344 e. The van der Waals surface area contributed by atoms with Gasteiger partial charge in [-0.05, 0) is 12.7 Å². The van der Waals surface area contributed by atoms with Crippen LogP contribution >= 0.6 is 23.4 Å². The summed E-state index contributed by atoms with van der Waals surface area (Å²) in [6, 6.07) is 0.0105. The summed E-state index contributed by atoms with van der Waals surface area (Å²) in [4.78, 5) is 13.6. The van der Waals surface area contributed by atoms with E-state index < -0.39 is 12.2 Å². The van der Waals surface area contributed by atoms with E-state index in [0.717, 1.165) is 0 Å². The molecule has 112 valence electrons. The lowest BCUT2D eigenvalue weighted by atomic mass is 10.0. The highest BCUT2D eigenvalue weighted by Gasteiger charge is 2.49. The van der Waals surface area contributed by atoms with E-state index in [1.807, 2.05) is 6.26 Å². The first-order valence-corrected chi connectivity index (χ1v) is 7.71. The number of hydrogen-bond donors (Lipinski definition) is 0. The highest BCUT2D eigenvalue weighted by Crippen LogP contribution is 2.39. The molecular weight excluding hydrogens is 325 g/mol. The number of nitrogens with zero attached hydrogens (tertiary/aromatic N) is 4. The maximum atomic E-state index is 12.9. The summed E-state index contributed by atoms with van der Waals surface area (Å²) in [6.45, 7) is 0.289. The third-order valence-electron chi connectivity index (χ3n) is 3.36. The first-order chi connectivity index (χ1) is 9.90. The van der Waals surface area contributed by atoms with E-state index in [1.54, 1.807) is 0 Å². The van der Waals surface area contributed by atoms with Gasteiger partial charge in [0, 0.05) is 18.8 Å². The third-order valence-corrected chi connectivity index (χ3v) is 4.11. The molecule has 0 spiro atoms. The normalized spacial score (nSPS) is 18.9. The fraction of sp³-hybridized carbons (Fsp3) is 0.417. The van der Waals surface area contributed by atoms with Crippen LogP contribution in [0.2, 0.25) is 5.15 Å². The van der Waals surface area contributed by atoms with Crippen LogP contribution in [0.5, 0.6) is 0 Å². The van der Waals surface area contributed by atoms with E-state index in [0.29, 0.717) is 16.1 Å². The summed E-state index contributed by atoms with van der Waals surface area (Å²) in [5.41, 5.74) is 0.497. The molecule has 3 heterocycles. The van der Waals surface area contributed by atoms with Gasteiger partial charge in [-0.3, -0.25) is 0 Å². The van der Waals surface area contributed by atoms with E-state index in [9.17, 15) is 13.2 Å². The Balaban J connectivity index is 2.10. The molecule has 21 heavy (non-hydrogen) atoms. The van der Waals surface area contributed by atoms with Gasteiger partial charge in [0.1, 0.15) is 17.0 Å². The van der Waals surface area contributed by atoms with Gasteiger partial charge in [0.05, 0.1) is 10.9 Å². The number of fused-ring (bicyclic) bond motifs is 1. The van der Waals surface area contributed by atoms with Crippen molar-refractivity contribution in [3.8, 4) is 0 Å². The van der Waals surface area contributed by atoms with Crippen molar-refractivity contribution in [1.82, 2.24) is 15.0 Å². The summed E-state index contributed by atoms with van der Waals surface area (Å²) < 4.78 is 38.8. The number of halogens is 4. The zero-order chi connectivity index (χ0) is 15.2. The first kappa shape index (κ1) is 14.6. The number of alkyl halides is 3. The van der Waals surface area contributed by atoms with Crippen molar-refractivity contribution in [2.45, 2.75) is 23.8 Å². The molecule has 0 unspecified atom stereocenters. The molecule has 3 rings (SSSR count). The maximum absolute atomic E-state index is 12.9. The SMILES string of the molecule is CSc1ncc2c(N3CC[C@H]3C(F)(F)F)nc(Cl)cc2n1. The largest absolute Gasteiger partial charge is 0.408 e. The number of thioether (sulfide) groups is 1. The van der Waals surface area contributed by atoms with Gasteiger partial charge in [0.25, 0.3) is 0 Å². The van der Waals surface area contributed by atoms with Crippen molar-refractivity contribution in [1.29, 1.82) is 0 Å². The molecular formula is C12H10ClF3N4S. The van der Waals surface area contributed by atoms with Crippen LogP contribution in [0.4, 0.5) is 19.0 Å². The molecule has 1 fully saturated rings. The van der Waals surface area contributed by atoms with Gasteiger partial charge >= 0.3 is 6.18 Å². The molecule has 0 saturated carbocycles. The molecule has 1 aliphatic heterocycles. The summed E-state index contributed by atoms with van der Waals surface area (Å²) in [6.07, 6.45) is -0.907. The number of anilines is 1.